The molecule has 0 aliphatic rings. The summed E-state index contributed by atoms with van der Waals surface area (Å²) in [5.41, 5.74) is 2.64. The fraction of sp³-hybridized carbons (Fsp3) is 0.118. The molecule has 0 fully saturated rings. The number of benzene rings is 2. The zero-order valence-corrected chi connectivity index (χ0v) is 14.4. The van der Waals surface area contributed by atoms with Gasteiger partial charge < -0.3 is 10.3 Å². The van der Waals surface area contributed by atoms with Crippen molar-refractivity contribution >= 4 is 51.8 Å². The lowest BCUT2D eigenvalue weighted by Gasteiger charge is -2.08. The minimum absolute atomic E-state index is 0.0901. The number of para-hydroxylation sites is 1. The Bertz CT molecular complexity index is 923. The average molecular weight is 360 g/mol. The van der Waals surface area contributed by atoms with Crippen LogP contribution in [0.3, 0.4) is 0 Å². The van der Waals surface area contributed by atoms with E-state index in [0.29, 0.717) is 21.4 Å². The molecule has 0 radical (unpaired) electrons. The first-order valence-corrected chi connectivity index (χ1v) is 8.57. The molecular formula is C17H14ClN3O2S. The quantitative estimate of drug-likeness (QED) is 0.530. The molecule has 3 rings (SSSR count). The van der Waals surface area contributed by atoms with Crippen molar-refractivity contribution in [3.05, 3.63) is 53.1 Å². The summed E-state index contributed by atoms with van der Waals surface area (Å²) in [4.78, 5) is 31.2. The number of H-pyrrole nitrogens is 1. The van der Waals surface area contributed by atoms with Gasteiger partial charge in [0, 0.05) is 10.6 Å². The number of amides is 1. The standard InChI is InChI=1S/C17H14ClN3O2S/c1-10(22)12-4-2-3-5-13(12)19-16(23)9-24-17-20-14-7-6-11(18)8-15(14)21-17/h2-8H,9H2,1H3,(H,19,23)(H,20,21). The lowest BCUT2D eigenvalue weighted by molar-refractivity contribution is -0.113. The molecule has 0 aliphatic carbocycles. The van der Waals surface area contributed by atoms with Crippen LogP contribution in [0.15, 0.2) is 47.6 Å². The van der Waals surface area contributed by atoms with Crippen LogP contribution in [0.2, 0.25) is 5.02 Å². The maximum absolute atomic E-state index is 12.1. The largest absolute Gasteiger partial charge is 0.333 e. The third-order valence-corrected chi connectivity index (χ3v) is 4.45. The van der Waals surface area contributed by atoms with Crippen LogP contribution in [0.4, 0.5) is 5.69 Å². The number of carbonyl (C=O) groups is 2. The van der Waals surface area contributed by atoms with Crippen LogP contribution in [0.5, 0.6) is 0 Å². The second-order valence-corrected chi connectivity index (χ2v) is 6.54. The van der Waals surface area contributed by atoms with Crippen LogP contribution in [0.1, 0.15) is 17.3 Å². The van der Waals surface area contributed by atoms with Crippen LogP contribution in [-0.4, -0.2) is 27.4 Å². The van der Waals surface area contributed by atoms with Gasteiger partial charge in [0.2, 0.25) is 5.91 Å². The Hall–Kier alpha value is -2.31. The second-order valence-electron chi connectivity index (χ2n) is 5.14. The SMILES string of the molecule is CC(=O)c1ccccc1NC(=O)CSc1nc2ccc(Cl)cc2[nH]1. The summed E-state index contributed by atoms with van der Waals surface area (Å²) in [6, 6.07) is 12.3. The molecule has 1 amide bonds. The molecule has 5 nitrogen and oxygen atoms in total. The Morgan fingerprint density at radius 1 is 1.25 bits per heavy atom. The molecular weight excluding hydrogens is 346 g/mol. The summed E-state index contributed by atoms with van der Waals surface area (Å²) in [5.74, 6) is -0.111. The molecule has 1 heterocycles. The first kappa shape index (κ1) is 16.5. The van der Waals surface area contributed by atoms with Crippen molar-refractivity contribution in [3.63, 3.8) is 0 Å². The maximum atomic E-state index is 12.1. The molecule has 0 atom stereocenters. The van der Waals surface area contributed by atoms with Gasteiger partial charge in [-0.25, -0.2) is 4.98 Å². The Kier molecular flexibility index (Phi) is 4.87. The zero-order chi connectivity index (χ0) is 17.1. The van der Waals surface area contributed by atoms with E-state index in [1.54, 1.807) is 36.4 Å². The van der Waals surface area contributed by atoms with Crippen LogP contribution in [-0.2, 0) is 4.79 Å². The van der Waals surface area contributed by atoms with Gasteiger partial charge in [-0.1, -0.05) is 35.5 Å². The van der Waals surface area contributed by atoms with Crippen molar-refractivity contribution in [2.45, 2.75) is 12.1 Å². The Morgan fingerprint density at radius 3 is 2.83 bits per heavy atom. The number of imidazole rings is 1. The molecule has 0 unspecified atom stereocenters. The number of nitrogens with zero attached hydrogens (tertiary/aromatic N) is 1. The average Bonchev–Trinajstić information content (AvgIpc) is 2.95. The summed E-state index contributed by atoms with van der Waals surface area (Å²) in [6.07, 6.45) is 0. The highest BCUT2D eigenvalue weighted by Gasteiger charge is 2.11. The highest BCUT2D eigenvalue weighted by atomic mass is 35.5. The molecule has 2 aromatic carbocycles. The monoisotopic (exact) mass is 359 g/mol. The zero-order valence-electron chi connectivity index (χ0n) is 12.8. The van der Waals surface area contributed by atoms with Gasteiger partial charge in [0.05, 0.1) is 22.5 Å². The van der Waals surface area contributed by atoms with Crippen molar-refractivity contribution in [2.24, 2.45) is 0 Å². The van der Waals surface area contributed by atoms with E-state index in [1.807, 2.05) is 6.07 Å². The van der Waals surface area contributed by atoms with Crippen molar-refractivity contribution < 1.29 is 9.59 Å². The van der Waals surface area contributed by atoms with E-state index in [2.05, 4.69) is 15.3 Å². The number of carbonyl (C=O) groups excluding carboxylic acids is 2. The lowest BCUT2D eigenvalue weighted by atomic mass is 10.1. The topological polar surface area (TPSA) is 74.8 Å². The summed E-state index contributed by atoms with van der Waals surface area (Å²) < 4.78 is 0. The van der Waals surface area contributed by atoms with E-state index in [0.717, 1.165) is 11.0 Å². The van der Waals surface area contributed by atoms with Crippen molar-refractivity contribution in [1.82, 2.24) is 9.97 Å². The van der Waals surface area contributed by atoms with Gasteiger partial charge in [-0.3, -0.25) is 9.59 Å². The van der Waals surface area contributed by atoms with Crippen LogP contribution in [0, 0.1) is 0 Å². The molecule has 24 heavy (non-hydrogen) atoms. The highest BCUT2D eigenvalue weighted by molar-refractivity contribution is 7.99. The summed E-state index contributed by atoms with van der Waals surface area (Å²) in [6.45, 7) is 1.47. The van der Waals surface area contributed by atoms with Crippen LogP contribution < -0.4 is 5.32 Å². The summed E-state index contributed by atoms with van der Waals surface area (Å²) in [7, 11) is 0. The number of fused-ring (bicyclic) bond motifs is 1. The Balaban J connectivity index is 1.66. The van der Waals surface area contributed by atoms with Gasteiger partial charge >= 0.3 is 0 Å². The number of hydrogen-bond acceptors (Lipinski definition) is 4. The number of hydrogen-bond donors (Lipinski definition) is 2. The first-order chi connectivity index (χ1) is 11.5. The minimum atomic E-state index is -0.202. The number of Topliss-reactive ketones (excluding diaryl/α,β-unsaturated/α-hetero) is 1. The number of anilines is 1. The third-order valence-electron chi connectivity index (χ3n) is 3.34. The Labute approximate surface area is 147 Å². The fourth-order valence-electron chi connectivity index (χ4n) is 2.25. The molecule has 3 aromatic rings. The second kappa shape index (κ2) is 7.07. The lowest BCUT2D eigenvalue weighted by Crippen LogP contribution is -2.16. The van der Waals surface area contributed by atoms with E-state index in [-0.39, 0.29) is 17.4 Å². The summed E-state index contributed by atoms with van der Waals surface area (Å²) in [5, 5.41) is 4.03. The number of halogens is 1. The molecule has 0 spiro atoms. The molecule has 0 saturated carbocycles. The van der Waals surface area contributed by atoms with Crippen molar-refractivity contribution in [3.8, 4) is 0 Å². The van der Waals surface area contributed by atoms with Gasteiger partial charge in [-0.05, 0) is 37.3 Å². The normalized spacial score (nSPS) is 10.8. The predicted molar refractivity (Wildman–Crippen MR) is 96.9 cm³/mol. The number of thioether (sulfide) groups is 1. The van der Waals surface area contributed by atoms with Gasteiger partial charge in [-0.15, -0.1) is 0 Å². The number of rotatable bonds is 5. The number of nitrogens with one attached hydrogen (secondary N) is 2. The maximum Gasteiger partial charge on any atom is 0.234 e. The number of aromatic amines is 1. The molecule has 122 valence electrons. The minimum Gasteiger partial charge on any atom is -0.333 e. The van der Waals surface area contributed by atoms with E-state index < -0.39 is 0 Å². The van der Waals surface area contributed by atoms with Gasteiger partial charge in [0.15, 0.2) is 10.9 Å². The van der Waals surface area contributed by atoms with Gasteiger partial charge in [0.25, 0.3) is 0 Å². The first-order valence-electron chi connectivity index (χ1n) is 7.21. The van der Waals surface area contributed by atoms with E-state index in [9.17, 15) is 9.59 Å². The molecule has 2 N–H and O–H groups in total. The number of ketones is 1. The van der Waals surface area contributed by atoms with Crippen LogP contribution >= 0.6 is 23.4 Å². The summed E-state index contributed by atoms with van der Waals surface area (Å²) >= 11 is 7.23. The van der Waals surface area contributed by atoms with E-state index >= 15 is 0 Å². The van der Waals surface area contributed by atoms with Gasteiger partial charge in [-0.2, -0.15) is 0 Å². The fourth-order valence-corrected chi connectivity index (χ4v) is 3.10. The van der Waals surface area contributed by atoms with Crippen molar-refractivity contribution in [2.75, 3.05) is 11.1 Å². The number of aromatic nitrogens is 2. The van der Waals surface area contributed by atoms with E-state index in [1.165, 1.54) is 18.7 Å². The van der Waals surface area contributed by atoms with Gasteiger partial charge in [0.1, 0.15) is 0 Å². The van der Waals surface area contributed by atoms with E-state index in [4.69, 9.17) is 11.6 Å². The molecule has 0 aliphatic heterocycles. The smallest absolute Gasteiger partial charge is 0.234 e. The molecule has 0 bridgehead atoms. The Morgan fingerprint density at radius 2 is 2.04 bits per heavy atom. The molecule has 1 aromatic heterocycles. The predicted octanol–water partition coefficient (Wildman–Crippen LogP) is 4.15. The van der Waals surface area contributed by atoms with Crippen LogP contribution in [0.25, 0.3) is 11.0 Å². The molecule has 0 saturated heterocycles. The van der Waals surface area contributed by atoms with Crippen molar-refractivity contribution in [1.29, 1.82) is 0 Å². The third kappa shape index (κ3) is 3.77. The molecule has 7 heteroatoms. The highest BCUT2D eigenvalue weighted by Crippen LogP contribution is 2.22.